The van der Waals surface area contributed by atoms with Crippen molar-refractivity contribution in [1.29, 1.82) is 0 Å². The number of pyridine rings is 2. The molecule has 2 N–H and O–H groups in total. The zero-order valence-electron chi connectivity index (χ0n) is 21.0. The first-order chi connectivity index (χ1) is 17.5. The lowest BCUT2D eigenvalue weighted by atomic mass is 9.96. The van der Waals surface area contributed by atoms with Crippen LogP contribution in [-0.4, -0.2) is 37.6 Å². The van der Waals surface area contributed by atoms with Crippen LogP contribution in [-0.2, 0) is 0 Å². The summed E-state index contributed by atoms with van der Waals surface area (Å²) in [6, 6.07) is 22.9. The van der Waals surface area contributed by atoms with Gasteiger partial charge in [-0.3, -0.25) is 4.98 Å². The summed E-state index contributed by atoms with van der Waals surface area (Å²) in [5.41, 5.74) is 6.85. The number of anilines is 1. The van der Waals surface area contributed by atoms with Gasteiger partial charge in [-0.2, -0.15) is 0 Å². The van der Waals surface area contributed by atoms with Gasteiger partial charge in [0.25, 0.3) is 0 Å². The van der Waals surface area contributed by atoms with Gasteiger partial charge in [-0.25, -0.2) is 4.98 Å². The summed E-state index contributed by atoms with van der Waals surface area (Å²) in [4.78, 5) is 11.7. The van der Waals surface area contributed by atoms with E-state index in [4.69, 9.17) is 17.2 Å². The van der Waals surface area contributed by atoms with E-state index < -0.39 is 0 Å². The average molecular weight is 497 g/mol. The first kappa shape index (κ1) is 24.0. The van der Waals surface area contributed by atoms with Crippen LogP contribution in [0.3, 0.4) is 0 Å². The molecule has 1 aliphatic heterocycles. The van der Waals surface area contributed by atoms with Gasteiger partial charge in [-0.1, -0.05) is 30.3 Å². The van der Waals surface area contributed by atoms with Crippen LogP contribution in [0.5, 0.6) is 0 Å². The van der Waals surface area contributed by atoms with Gasteiger partial charge in [0, 0.05) is 42.6 Å². The number of rotatable bonds is 8. The Bertz CT molecular complexity index is 1320. The largest absolute Gasteiger partial charge is 0.385 e. The van der Waals surface area contributed by atoms with Crippen LogP contribution < -0.4 is 10.6 Å². The quantitative estimate of drug-likeness (QED) is 0.242. The Morgan fingerprint density at radius 1 is 0.972 bits per heavy atom. The summed E-state index contributed by atoms with van der Waals surface area (Å²) in [5, 5.41) is 7.87. The van der Waals surface area contributed by atoms with Gasteiger partial charge in [-0.15, -0.1) is 0 Å². The van der Waals surface area contributed by atoms with Crippen LogP contribution >= 0.6 is 12.2 Å². The van der Waals surface area contributed by atoms with E-state index in [2.05, 4.69) is 82.3 Å². The predicted molar refractivity (Wildman–Crippen MR) is 149 cm³/mol. The molecule has 0 bridgehead atoms. The van der Waals surface area contributed by atoms with E-state index in [1.807, 2.05) is 42.7 Å². The molecular weight excluding hydrogens is 464 g/mol. The minimum absolute atomic E-state index is 0.0271. The summed E-state index contributed by atoms with van der Waals surface area (Å²) in [6.07, 6.45) is 4.73. The monoisotopic (exact) mass is 496 g/mol. The molecule has 0 radical (unpaired) electrons. The van der Waals surface area contributed by atoms with Crippen molar-refractivity contribution >= 4 is 23.0 Å². The molecule has 2 atom stereocenters. The number of nitrogens with one attached hydrogen (secondary N) is 2. The second-order valence-electron chi connectivity index (χ2n) is 9.32. The fourth-order valence-electron chi connectivity index (χ4n) is 5.05. The Balaban J connectivity index is 1.45. The third-order valence-electron chi connectivity index (χ3n) is 6.79. The SMILES string of the molecule is Cc1ccc(-n2c(C)cc(C3C(c4ccccn4)NC(=S)N3CCCNc3ccccc3)c2C)nc1. The standard InChI is InChI=1S/C29H32N6S/c1-20-13-14-26(32-19-20)35-21(2)18-24(22(35)3)28-27(25-12-7-8-15-31-25)33-29(36)34(28)17-9-16-30-23-10-5-4-6-11-23/h4-8,10-15,18-19,27-28,30H,9,16-17H2,1-3H3,(H,33,36). The molecule has 5 rings (SSSR count). The van der Waals surface area contributed by atoms with E-state index in [9.17, 15) is 0 Å². The number of thiocarbonyl (C=S) groups is 1. The Morgan fingerprint density at radius 2 is 1.78 bits per heavy atom. The molecule has 1 aliphatic rings. The van der Waals surface area contributed by atoms with Gasteiger partial charge < -0.3 is 20.1 Å². The molecular formula is C29H32N6S. The van der Waals surface area contributed by atoms with Crippen LogP contribution in [0.4, 0.5) is 5.69 Å². The molecule has 0 aliphatic carbocycles. The van der Waals surface area contributed by atoms with E-state index in [1.54, 1.807) is 0 Å². The molecule has 0 amide bonds. The van der Waals surface area contributed by atoms with Gasteiger partial charge >= 0.3 is 0 Å². The molecule has 1 fully saturated rings. The maximum atomic E-state index is 5.88. The summed E-state index contributed by atoms with van der Waals surface area (Å²) in [5.74, 6) is 0.934. The number of para-hydroxylation sites is 1. The van der Waals surface area contributed by atoms with Crippen molar-refractivity contribution in [3.63, 3.8) is 0 Å². The number of hydrogen-bond donors (Lipinski definition) is 2. The van der Waals surface area contributed by atoms with Crippen molar-refractivity contribution < 1.29 is 0 Å². The molecule has 7 heteroatoms. The first-order valence-corrected chi connectivity index (χ1v) is 12.8. The highest BCUT2D eigenvalue weighted by atomic mass is 32.1. The van der Waals surface area contributed by atoms with Crippen molar-refractivity contribution in [2.24, 2.45) is 0 Å². The Labute approximate surface area is 218 Å². The molecule has 184 valence electrons. The number of hydrogen-bond acceptors (Lipinski definition) is 4. The number of nitrogens with zero attached hydrogens (tertiary/aromatic N) is 4. The Hall–Kier alpha value is -3.71. The molecule has 4 heterocycles. The lowest BCUT2D eigenvalue weighted by molar-refractivity contribution is 0.315. The van der Waals surface area contributed by atoms with Gasteiger partial charge in [0.05, 0.1) is 17.8 Å². The van der Waals surface area contributed by atoms with E-state index >= 15 is 0 Å². The lowest BCUT2D eigenvalue weighted by Gasteiger charge is -2.28. The van der Waals surface area contributed by atoms with E-state index in [-0.39, 0.29) is 12.1 Å². The van der Waals surface area contributed by atoms with Crippen LogP contribution in [0.1, 0.15) is 46.7 Å². The van der Waals surface area contributed by atoms with Crippen molar-refractivity contribution in [1.82, 2.24) is 24.8 Å². The maximum Gasteiger partial charge on any atom is 0.170 e. The zero-order valence-corrected chi connectivity index (χ0v) is 21.8. The molecule has 1 aromatic carbocycles. The lowest BCUT2D eigenvalue weighted by Crippen LogP contribution is -2.31. The molecule has 1 saturated heterocycles. The van der Waals surface area contributed by atoms with E-state index in [1.165, 1.54) is 11.3 Å². The highest BCUT2D eigenvalue weighted by Crippen LogP contribution is 2.41. The molecule has 36 heavy (non-hydrogen) atoms. The van der Waals surface area contributed by atoms with Crippen molar-refractivity contribution in [3.05, 3.63) is 107 Å². The fraction of sp³-hybridized carbons (Fsp3) is 0.276. The number of aromatic nitrogens is 3. The minimum atomic E-state index is -0.0271. The van der Waals surface area contributed by atoms with Crippen molar-refractivity contribution in [2.75, 3.05) is 18.4 Å². The van der Waals surface area contributed by atoms with Gasteiger partial charge in [0.2, 0.25) is 0 Å². The fourth-order valence-corrected chi connectivity index (χ4v) is 5.39. The van der Waals surface area contributed by atoms with Crippen LogP contribution in [0.25, 0.3) is 5.82 Å². The molecule has 4 aromatic rings. The molecule has 3 aromatic heterocycles. The topological polar surface area (TPSA) is 58.0 Å². The van der Waals surface area contributed by atoms with E-state index in [0.717, 1.165) is 53.1 Å². The van der Waals surface area contributed by atoms with Crippen LogP contribution in [0.2, 0.25) is 0 Å². The van der Waals surface area contributed by atoms with Gasteiger partial charge in [0.1, 0.15) is 5.82 Å². The smallest absolute Gasteiger partial charge is 0.170 e. The van der Waals surface area contributed by atoms with E-state index in [0.29, 0.717) is 0 Å². The third-order valence-corrected chi connectivity index (χ3v) is 7.14. The molecule has 0 spiro atoms. The Morgan fingerprint density at radius 3 is 2.50 bits per heavy atom. The molecule has 0 saturated carbocycles. The molecule has 2 unspecified atom stereocenters. The predicted octanol–water partition coefficient (Wildman–Crippen LogP) is 5.67. The summed E-state index contributed by atoms with van der Waals surface area (Å²) in [6.45, 7) is 8.09. The van der Waals surface area contributed by atoms with Gasteiger partial charge in [0.15, 0.2) is 5.11 Å². The van der Waals surface area contributed by atoms with Crippen LogP contribution in [0.15, 0.2) is 79.1 Å². The first-order valence-electron chi connectivity index (χ1n) is 12.4. The summed E-state index contributed by atoms with van der Waals surface area (Å²) < 4.78 is 2.24. The summed E-state index contributed by atoms with van der Waals surface area (Å²) in [7, 11) is 0. The van der Waals surface area contributed by atoms with Gasteiger partial charge in [-0.05, 0) is 86.9 Å². The van der Waals surface area contributed by atoms with Crippen LogP contribution in [0, 0.1) is 20.8 Å². The zero-order chi connectivity index (χ0) is 25.1. The minimum Gasteiger partial charge on any atom is -0.385 e. The van der Waals surface area contributed by atoms with Crippen molar-refractivity contribution in [2.45, 2.75) is 39.3 Å². The number of aryl methyl sites for hydroxylation is 2. The Kier molecular flexibility index (Phi) is 7.00. The maximum absolute atomic E-state index is 5.88. The molecule has 6 nitrogen and oxygen atoms in total. The third kappa shape index (κ3) is 4.84. The highest BCUT2D eigenvalue weighted by molar-refractivity contribution is 7.80. The normalized spacial score (nSPS) is 17.3. The second-order valence-corrected chi connectivity index (χ2v) is 9.71. The van der Waals surface area contributed by atoms with Crippen molar-refractivity contribution in [3.8, 4) is 5.82 Å². The highest BCUT2D eigenvalue weighted by Gasteiger charge is 2.41. The second kappa shape index (κ2) is 10.5. The summed E-state index contributed by atoms with van der Waals surface area (Å²) >= 11 is 5.88. The average Bonchev–Trinajstić information content (AvgIpc) is 3.38. The number of benzene rings is 1.